The first-order valence-electron chi connectivity index (χ1n) is 6.87. The van der Waals surface area contributed by atoms with Gasteiger partial charge in [-0.05, 0) is 18.3 Å². The lowest BCUT2D eigenvalue weighted by Crippen LogP contribution is -2.67. The highest BCUT2D eigenvalue weighted by Gasteiger charge is 2.81. The largest absolute Gasteiger partial charge is 0.480 e. The lowest BCUT2D eigenvalue weighted by atomic mass is 9.70. The number of fused-ring (bicyclic) bond motifs is 2. The summed E-state index contributed by atoms with van der Waals surface area (Å²) in [5.41, 5.74) is -5.23. The zero-order valence-corrected chi connectivity index (χ0v) is 12.0. The van der Waals surface area contributed by atoms with E-state index in [1.165, 1.54) is 0 Å². The Morgan fingerprint density at radius 1 is 0.920 bits per heavy atom. The van der Waals surface area contributed by atoms with Crippen LogP contribution in [0, 0.1) is 23.7 Å². The van der Waals surface area contributed by atoms with Crippen molar-refractivity contribution in [2.75, 3.05) is 6.61 Å². The number of aliphatic carboxylic acids is 1. The summed E-state index contributed by atoms with van der Waals surface area (Å²) in [6.07, 6.45) is -16.7. The normalized spacial score (nSPS) is 30.1. The van der Waals surface area contributed by atoms with E-state index < -0.39 is 66.8 Å². The summed E-state index contributed by atoms with van der Waals surface area (Å²) in [5.74, 6) is -11.4. The Labute approximate surface area is 134 Å². The molecule has 0 spiro atoms. The van der Waals surface area contributed by atoms with Gasteiger partial charge in [-0.25, -0.2) is 4.79 Å². The van der Waals surface area contributed by atoms with Gasteiger partial charge in [0.1, 0.15) is 6.61 Å². The minimum Gasteiger partial charge on any atom is -0.480 e. The predicted molar refractivity (Wildman–Crippen MR) is 62.2 cm³/mol. The quantitative estimate of drug-likeness (QED) is 0.588. The third-order valence-electron chi connectivity index (χ3n) is 4.57. The van der Waals surface area contributed by atoms with E-state index in [9.17, 15) is 44.3 Å². The summed E-state index contributed by atoms with van der Waals surface area (Å²) in [5, 5.41) is 8.41. The predicted octanol–water partition coefficient (Wildman–Crippen LogP) is 3.95. The molecule has 144 valence electrons. The molecule has 3 nitrogen and oxygen atoms in total. The highest BCUT2D eigenvalue weighted by atomic mass is 19.4. The highest BCUT2D eigenvalue weighted by Crippen LogP contribution is 2.64. The number of halogens is 9. The minimum absolute atomic E-state index is 0.542. The molecule has 0 aromatic carbocycles. The van der Waals surface area contributed by atoms with Crippen molar-refractivity contribution in [2.45, 2.75) is 30.6 Å². The van der Waals surface area contributed by atoms with Gasteiger partial charge in [0.2, 0.25) is 0 Å². The summed E-state index contributed by atoms with van der Waals surface area (Å²) in [6, 6.07) is 0. The molecule has 0 radical (unpaired) electrons. The number of allylic oxidation sites excluding steroid dienone is 2. The number of hydrogen-bond acceptors (Lipinski definition) is 2. The van der Waals surface area contributed by atoms with Gasteiger partial charge in [-0.2, -0.15) is 39.5 Å². The molecule has 0 aromatic rings. The number of carboxylic acid groups (broad SMARTS) is 1. The monoisotopic (exact) mass is 386 g/mol. The van der Waals surface area contributed by atoms with Crippen LogP contribution in [0.1, 0.15) is 6.42 Å². The SMILES string of the molecule is O=C(O)COC(C1C2C=CC(C2)C1C(F)(F)F)(C(F)(F)F)C(F)(F)F. The van der Waals surface area contributed by atoms with Crippen molar-refractivity contribution in [3.05, 3.63) is 12.2 Å². The van der Waals surface area contributed by atoms with Crippen LogP contribution in [0.25, 0.3) is 0 Å². The second-order valence-corrected chi connectivity index (χ2v) is 5.96. The standard InChI is InChI=1S/C13H11F9O3/c14-11(15,16)9-6-2-1-5(3-6)8(9)10(12(17,18)19,13(20,21)22)25-4-7(23)24/h1-2,5-6,8-9H,3-4H2,(H,23,24). The van der Waals surface area contributed by atoms with Gasteiger partial charge in [0, 0.05) is 5.92 Å². The first kappa shape index (κ1) is 19.9. The van der Waals surface area contributed by atoms with Crippen LogP contribution in [0.15, 0.2) is 12.2 Å². The summed E-state index contributed by atoms with van der Waals surface area (Å²) in [4.78, 5) is 10.5. The maximum Gasteiger partial charge on any atom is 0.426 e. The maximum atomic E-state index is 13.4. The number of ether oxygens (including phenoxy) is 1. The minimum atomic E-state index is -6.30. The van der Waals surface area contributed by atoms with Crippen molar-refractivity contribution < 1.29 is 54.2 Å². The number of carbonyl (C=O) groups is 1. The smallest absolute Gasteiger partial charge is 0.426 e. The molecular weight excluding hydrogens is 375 g/mol. The second kappa shape index (κ2) is 5.78. The molecule has 0 amide bonds. The summed E-state index contributed by atoms with van der Waals surface area (Å²) < 4.78 is 124. The molecule has 4 atom stereocenters. The first-order chi connectivity index (χ1) is 11.1. The van der Waals surface area contributed by atoms with E-state index in [1.807, 2.05) is 0 Å². The van der Waals surface area contributed by atoms with Gasteiger partial charge in [-0.3, -0.25) is 0 Å². The highest BCUT2D eigenvalue weighted by molar-refractivity contribution is 5.68. The van der Waals surface area contributed by atoms with Crippen molar-refractivity contribution in [3.8, 4) is 0 Å². The Morgan fingerprint density at radius 3 is 1.72 bits per heavy atom. The van der Waals surface area contributed by atoms with Gasteiger partial charge >= 0.3 is 24.5 Å². The molecule has 12 heteroatoms. The van der Waals surface area contributed by atoms with E-state index in [-0.39, 0.29) is 0 Å². The average Bonchev–Trinajstić information content (AvgIpc) is 2.95. The van der Waals surface area contributed by atoms with Crippen molar-refractivity contribution in [3.63, 3.8) is 0 Å². The molecule has 2 aliphatic carbocycles. The van der Waals surface area contributed by atoms with E-state index in [1.54, 1.807) is 0 Å². The fraction of sp³-hybridized carbons (Fsp3) is 0.769. The van der Waals surface area contributed by atoms with Gasteiger partial charge in [0.25, 0.3) is 5.60 Å². The van der Waals surface area contributed by atoms with Gasteiger partial charge < -0.3 is 9.84 Å². The molecule has 25 heavy (non-hydrogen) atoms. The van der Waals surface area contributed by atoms with Crippen LogP contribution in [-0.2, 0) is 9.53 Å². The Bertz CT molecular complexity index is 547. The van der Waals surface area contributed by atoms with E-state index in [0.29, 0.717) is 0 Å². The summed E-state index contributed by atoms with van der Waals surface area (Å²) in [7, 11) is 0. The van der Waals surface area contributed by atoms with Crippen molar-refractivity contribution in [2.24, 2.45) is 23.7 Å². The summed E-state index contributed by atoms with van der Waals surface area (Å²) >= 11 is 0. The first-order valence-corrected chi connectivity index (χ1v) is 6.87. The molecule has 0 aromatic heterocycles. The molecule has 2 bridgehead atoms. The summed E-state index contributed by atoms with van der Waals surface area (Å²) in [6.45, 7) is -2.04. The van der Waals surface area contributed by atoms with Crippen molar-refractivity contribution in [1.82, 2.24) is 0 Å². The molecule has 1 fully saturated rings. The van der Waals surface area contributed by atoms with Crippen LogP contribution in [0.2, 0.25) is 0 Å². The van der Waals surface area contributed by atoms with Crippen LogP contribution in [0.3, 0.4) is 0 Å². The average molecular weight is 386 g/mol. The zero-order chi connectivity index (χ0) is 19.4. The number of hydrogen-bond donors (Lipinski definition) is 1. The fourth-order valence-electron chi connectivity index (χ4n) is 3.80. The Hall–Kier alpha value is -1.46. The van der Waals surface area contributed by atoms with E-state index >= 15 is 0 Å². The Morgan fingerprint density at radius 2 is 1.36 bits per heavy atom. The molecule has 0 saturated heterocycles. The molecule has 4 unspecified atom stereocenters. The number of carboxylic acids is 1. The number of alkyl halides is 9. The zero-order valence-electron chi connectivity index (χ0n) is 12.0. The Balaban J connectivity index is 2.65. The molecule has 1 N–H and O–H groups in total. The second-order valence-electron chi connectivity index (χ2n) is 5.96. The molecule has 0 heterocycles. The number of rotatable bonds is 4. The van der Waals surface area contributed by atoms with Crippen LogP contribution in [0.4, 0.5) is 39.5 Å². The van der Waals surface area contributed by atoms with Gasteiger partial charge in [0.05, 0.1) is 5.92 Å². The fourth-order valence-corrected chi connectivity index (χ4v) is 3.80. The Kier molecular flexibility index (Phi) is 4.59. The van der Waals surface area contributed by atoms with E-state index in [4.69, 9.17) is 5.11 Å². The van der Waals surface area contributed by atoms with Crippen molar-refractivity contribution >= 4 is 5.97 Å². The van der Waals surface area contributed by atoms with Gasteiger partial charge in [0.15, 0.2) is 0 Å². The van der Waals surface area contributed by atoms with Crippen LogP contribution < -0.4 is 0 Å². The van der Waals surface area contributed by atoms with Gasteiger partial charge in [-0.15, -0.1) is 0 Å². The van der Waals surface area contributed by atoms with Gasteiger partial charge in [-0.1, -0.05) is 12.2 Å². The molecule has 2 aliphatic rings. The molecule has 0 aliphatic heterocycles. The lowest BCUT2D eigenvalue weighted by Gasteiger charge is -2.46. The van der Waals surface area contributed by atoms with Crippen LogP contribution in [0.5, 0.6) is 0 Å². The molecule has 2 rings (SSSR count). The van der Waals surface area contributed by atoms with Crippen LogP contribution in [-0.4, -0.2) is 41.8 Å². The maximum absolute atomic E-state index is 13.4. The lowest BCUT2D eigenvalue weighted by molar-refractivity contribution is -0.408. The van der Waals surface area contributed by atoms with E-state index in [0.717, 1.165) is 12.2 Å². The topological polar surface area (TPSA) is 46.5 Å². The third-order valence-corrected chi connectivity index (χ3v) is 4.57. The molecule has 1 saturated carbocycles. The van der Waals surface area contributed by atoms with Crippen molar-refractivity contribution in [1.29, 1.82) is 0 Å². The van der Waals surface area contributed by atoms with E-state index in [2.05, 4.69) is 4.74 Å². The van der Waals surface area contributed by atoms with Crippen LogP contribution >= 0.6 is 0 Å². The molecular formula is C13H11F9O3. The third kappa shape index (κ3) is 3.08.